The van der Waals surface area contributed by atoms with Gasteiger partial charge in [-0.2, -0.15) is 0 Å². The second-order valence-corrected chi connectivity index (χ2v) is 6.54. The van der Waals surface area contributed by atoms with E-state index >= 15 is 0 Å². The van der Waals surface area contributed by atoms with Crippen LogP contribution in [0.25, 0.3) is 0 Å². The van der Waals surface area contributed by atoms with Crippen LogP contribution >= 0.6 is 0 Å². The fraction of sp³-hybridized carbons (Fsp3) is 0.417. The van der Waals surface area contributed by atoms with Crippen LogP contribution in [-0.4, -0.2) is 26.2 Å². The number of Topliss-reactive ketones (excluding diaryl/α,β-unsaturated/α-hetero) is 1. The molecule has 1 aliphatic carbocycles. The van der Waals surface area contributed by atoms with E-state index in [-0.39, 0.29) is 23.4 Å². The molecule has 1 aromatic rings. The Morgan fingerprint density at radius 3 is 2.50 bits per heavy atom. The van der Waals surface area contributed by atoms with Crippen LogP contribution in [0, 0.1) is 5.92 Å². The second-order valence-electron chi connectivity index (χ2n) is 4.40. The fourth-order valence-corrected chi connectivity index (χ4v) is 2.72. The molecule has 1 saturated carbocycles. The van der Waals surface area contributed by atoms with E-state index in [1.807, 2.05) is 30.3 Å². The van der Waals surface area contributed by atoms with E-state index in [9.17, 15) is 13.2 Å². The van der Waals surface area contributed by atoms with Gasteiger partial charge in [0, 0.05) is 12.2 Å². The van der Waals surface area contributed by atoms with Gasteiger partial charge in [-0.3, -0.25) is 4.79 Å². The van der Waals surface area contributed by atoms with E-state index in [0.717, 1.165) is 18.2 Å². The van der Waals surface area contributed by atoms with Crippen molar-refractivity contribution in [1.82, 2.24) is 0 Å². The smallest absolute Gasteiger partial charge is 0.154 e. The number of ketones is 1. The molecular weight excluding hydrogens is 224 g/mol. The number of sulfone groups is 1. The van der Waals surface area contributed by atoms with Crippen LogP contribution in [0.3, 0.4) is 0 Å². The summed E-state index contributed by atoms with van der Waals surface area (Å²) in [7, 11) is -3.18. The maximum Gasteiger partial charge on any atom is 0.154 e. The van der Waals surface area contributed by atoms with Crippen molar-refractivity contribution in [1.29, 1.82) is 0 Å². The Balaban J connectivity index is 2.00. The molecule has 0 heterocycles. The molecule has 0 N–H and O–H groups in total. The molecule has 1 fully saturated rings. The summed E-state index contributed by atoms with van der Waals surface area (Å²) < 4.78 is 22.0. The van der Waals surface area contributed by atoms with Crippen molar-refractivity contribution in [2.24, 2.45) is 5.92 Å². The number of carbonyl (C=O) groups is 1. The van der Waals surface area contributed by atoms with E-state index in [4.69, 9.17) is 0 Å². The molecule has 16 heavy (non-hydrogen) atoms. The maximum atomic E-state index is 11.6. The lowest BCUT2D eigenvalue weighted by Gasteiger charge is -1.99. The van der Waals surface area contributed by atoms with Crippen molar-refractivity contribution in [2.45, 2.75) is 12.3 Å². The standard InChI is InChI=1S/C12H14O3S/c1-16(14,15)8-12(13)11-7-10(11)9-5-3-2-4-6-9/h2-6,10-11H,7-8H2,1H3. The third kappa shape index (κ3) is 2.70. The van der Waals surface area contributed by atoms with Gasteiger partial charge in [0.05, 0.1) is 0 Å². The van der Waals surface area contributed by atoms with E-state index < -0.39 is 9.84 Å². The summed E-state index contributed by atoms with van der Waals surface area (Å²) in [6, 6.07) is 9.77. The highest BCUT2D eigenvalue weighted by atomic mass is 32.2. The van der Waals surface area contributed by atoms with Crippen LogP contribution in [0.4, 0.5) is 0 Å². The lowest BCUT2D eigenvalue weighted by molar-refractivity contribution is -0.117. The molecule has 86 valence electrons. The van der Waals surface area contributed by atoms with Gasteiger partial charge in [-0.25, -0.2) is 8.42 Å². The van der Waals surface area contributed by atoms with Gasteiger partial charge in [0.1, 0.15) is 5.75 Å². The molecule has 0 aromatic heterocycles. The zero-order valence-electron chi connectivity index (χ0n) is 9.09. The summed E-state index contributed by atoms with van der Waals surface area (Å²) in [5, 5.41) is 0. The molecule has 2 rings (SSSR count). The summed E-state index contributed by atoms with van der Waals surface area (Å²) in [6.07, 6.45) is 1.89. The van der Waals surface area contributed by atoms with E-state index in [1.54, 1.807) is 0 Å². The molecule has 4 heteroatoms. The van der Waals surface area contributed by atoms with Gasteiger partial charge >= 0.3 is 0 Å². The molecule has 0 radical (unpaired) electrons. The number of rotatable bonds is 4. The highest BCUT2D eigenvalue weighted by molar-refractivity contribution is 7.91. The summed E-state index contributed by atoms with van der Waals surface area (Å²) >= 11 is 0. The average Bonchev–Trinajstić information content (AvgIpc) is 2.96. The normalized spacial score (nSPS) is 24.1. The summed E-state index contributed by atoms with van der Waals surface area (Å²) in [6.45, 7) is 0. The largest absolute Gasteiger partial charge is 0.298 e. The molecule has 3 nitrogen and oxygen atoms in total. The zero-order chi connectivity index (χ0) is 11.8. The fourth-order valence-electron chi connectivity index (χ4n) is 1.98. The van der Waals surface area contributed by atoms with Gasteiger partial charge in [0.25, 0.3) is 0 Å². The molecule has 0 saturated heterocycles. The first-order valence-corrected chi connectivity index (χ1v) is 7.29. The van der Waals surface area contributed by atoms with E-state index in [0.29, 0.717) is 0 Å². The van der Waals surface area contributed by atoms with Crippen molar-refractivity contribution in [3.63, 3.8) is 0 Å². The first kappa shape index (κ1) is 11.3. The third-order valence-corrected chi connectivity index (χ3v) is 3.65. The zero-order valence-corrected chi connectivity index (χ0v) is 9.91. The number of carbonyl (C=O) groups excluding carboxylic acids is 1. The summed E-state index contributed by atoms with van der Waals surface area (Å²) in [4.78, 5) is 11.6. The number of benzene rings is 1. The van der Waals surface area contributed by atoms with Gasteiger partial charge in [-0.15, -0.1) is 0 Å². The SMILES string of the molecule is CS(=O)(=O)CC(=O)C1CC1c1ccccc1. The Hall–Kier alpha value is -1.16. The first-order valence-electron chi connectivity index (χ1n) is 5.23. The Morgan fingerprint density at radius 1 is 1.31 bits per heavy atom. The van der Waals surface area contributed by atoms with Crippen LogP contribution in [0.15, 0.2) is 30.3 Å². The minimum absolute atomic E-state index is 0.0860. The Labute approximate surface area is 95.4 Å². The lowest BCUT2D eigenvalue weighted by Crippen LogP contribution is -2.16. The summed E-state index contributed by atoms with van der Waals surface area (Å²) in [5.74, 6) is -0.315. The molecule has 0 amide bonds. The van der Waals surface area contributed by atoms with Crippen LogP contribution in [0.2, 0.25) is 0 Å². The van der Waals surface area contributed by atoms with Crippen LogP contribution in [0.5, 0.6) is 0 Å². The topological polar surface area (TPSA) is 51.2 Å². The molecule has 0 bridgehead atoms. The predicted molar refractivity (Wildman–Crippen MR) is 62.0 cm³/mol. The average molecular weight is 238 g/mol. The molecule has 1 aliphatic rings. The monoisotopic (exact) mass is 238 g/mol. The first-order chi connectivity index (χ1) is 7.47. The predicted octanol–water partition coefficient (Wildman–Crippen LogP) is 1.40. The van der Waals surface area contributed by atoms with Gasteiger partial charge in [0.15, 0.2) is 15.6 Å². The maximum absolute atomic E-state index is 11.6. The minimum atomic E-state index is -3.18. The molecule has 2 atom stereocenters. The molecular formula is C12H14O3S. The molecule has 0 spiro atoms. The van der Waals surface area contributed by atoms with E-state index in [1.165, 1.54) is 0 Å². The Kier molecular flexibility index (Phi) is 2.84. The minimum Gasteiger partial charge on any atom is -0.298 e. The van der Waals surface area contributed by atoms with Crippen LogP contribution in [-0.2, 0) is 14.6 Å². The number of hydrogen-bond donors (Lipinski definition) is 0. The van der Waals surface area contributed by atoms with Crippen LogP contribution in [0.1, 0.15) is 17.9 Å². The van der Waals surface area contributed by atoms with Crippen molar-refractivity contribution >= 4 is 15.6 Å². The number of hydrogen-bond acceptors (Lipinski definition) is 3. The van der Waals surface area contributed by atoms with Gasteiger partial charge in [0.2, 0.25) is 0 Å². The quantitative estimate of drug-likeness (QED) is 0.796. The van der Waals surface area contributed by atoms with Crippen molar-refractivity contribution in [2.75, 3.05) is 12.0 Å². The molecule has 1 aromatic carbocycles. The third-order valence-electron chi connectivity index (χ3n) is 2.84. The van der Waals surface area contributed by atoms with Gasteiger partial charge in [-0.05, 0) is 17.9 Å². The van der Waals surface area contributed by atoms with Crippen molar-refractivity contribution in [3.05, 3.63) is 35.9 Å². The molecule has 0 aliphatic heterocycles. The van der Waals surface area contributed by atoms with E-state index in [2.05, 4.69) is 0 Å². The highest BCUT2D eigenvalue weighted by Crippen LogP contribution is 2.47. The lowest BCUT2D eigenvalue weighted by atomic mass is 10.1. The highest BCUT2D eigenvalue weighted by Gasteiger charge is 2.44. The van der Waals surface area contributed by atoms with Gasteiger partial charge in [-0.1, -0.05) is 30.3 Å². The molecule has 2 unspecified atom stereocenters. The second kappa shape index (κ2) is 4.01. The Morgan fingerprint density at radius 2 is 1.94 bits per heavy atom. The summed E-state index contributed by atoms with van der Waals surface area (Å²) in [5.41, 5.74) is 1.13. The van der Waals surface area contributed by atoms with Crippen LogP contribution < -0.4 is 0 Å². The van der Waals surface area contributed by atoms with Crippen molar-refractivity contribution < 1.29 is 13.2 Å². The van der Waals surface area contributed by atoms with Crippen molar-refractivity contribution in [3.8, 4) is 0 Å². The Bertz CT molecular complexity index is 490. The van der Waals surface area contributed by atoms with Gasteiger partial charge < -0.3 is 0 Å².